The molecule has 0 radical (unpaired) electrons. The van der Waals surface area contributed by atoms with Crippen molar-refractivity contribution < 1.29 is 28.5 Å². The van der Waals surface area contributed by atoms with E-state index in [0.717, 1.165) is 35.4 Å². The molecule has 5 rings (SSSR count). The van der Waals surface area contributed by atoms with Crippen LogP contribution in [0.2, 0.25) is 0 Å². The summed E-state index contributed by atoms with van der Waals surface area (Å²) < 4.78 is 24.4. The van der Waals surface area contributed by atoms with E-state index >= 15 is 0 Å². The molecule has 1 aliphatic heterocycles. The van der Waals surface area contributed by atoms with E-state index in [-0.39, 0.29) is 0 Å². The second-order valence-electron chi connectivity index (χ2n) is 9.21. The Bertz CT molecular complexity index is 1110. The van der Waals surface area contributed by atoms with E-state index < -0.39 is 35.3 Å². The van der Waals surface area contributed by atoms with Crippen molar-refractivity contribution in [3.63, 3.8) is 0 Å². The molecule has 0 N–H and O–H groups in total. The number of ether oxygens (including phenoxy) is 4. The number of aryl methyl sites for hydroxylation is 1. The zero-order valence-electron chi connectivity index (χ0n) is 19.3. The molecule has 1 saturated carbocycles. The minimum absolute atomic E-state index is 0.559. The minimum Gasteiger partial charge on any atom is -0.467 e. The highest BCUT2D eigenvalue weighted by atomic mass is 16.8. The summed E-state index contributed by atoms with van der Waals surface area (Å²) in [6.45, 7) is 4.14. The number of hydrogen-bond acceptors (Lipinski definition) is 7. The molecule has 2 fully saturated rings. The summed E-state index contributed by atoms with van der Waals surface area (Å²) in [6, 6.07) is 8.25. The van der Waals surface area contributed by atoms with Gasteiger partial charge in [0, 0.05) is 11.8 Å². The van der Waals surface area contributed by atoms with Gasteiger partial charge in [0.2, 0.25) is 0 Å². The van der Waals surface area contributed by atoms with Gasteiger partial charge in [-0.15, -0.1) is 0 Å². The quantitative estimate of drug-likeness (QED) is 0.661. The van der Waals surface area contributed by atoms with Crippen LogP contribution in [0.4, 0.5) is 0 Å². The fourth-order valence-electron chi connectivity index (χ4n) is 5.42. The number of benzene rings is 1. The molecule has 33 heavy (non-hydrogen) atoms. The lowest BCUT2D eigenvalue weighted by atomic mass is 9.62. The van der Waals surface area contributed by atoms with E-state index in [0.29, 0.717) is 12.8 Å². The Labute approximate surface area is 192 Å². The number of methoxy groups -OCH3 is 2. The molecular formula is C25H28N2O6. The van der Waals surface area contributed by atoms with Crippen LogP contribution < -0.4 is 0 Å². The van der Waals surface area contributed by atoms with Crippen molar-refractivity contribution in [3.05, 3.63) is 52.9 Å². The van der Waals surface area contributed by atoms with Gasteiger partial charge in [0.1, 0.15) is 0 Å². The van der Waals surface area contributed by atoms with Crippen LogP contribution in [0.5, 0.6) is 0 Å². The highest BCUT2D eigenvalue weighted by Crippen LogP contribution is 2.58. The molecule has 3 aliphatic rings. The zero-order valence-corrected chi connectivity index (χ0v) is 19.3. The number of carbonyl (C=O) groups excluding carboxylic acids is 2. The van der Waals surface area contributed by atoms with Crippen LogP contribution in [0, 0.1) is 12.3 Å². The maximum atomic E-state index is 12.5. The summed E-state index contributed by atoms with van der Waals surface area (Å²) >= 11 is 0. The number of aromatic nitrogens is 2. The summed E-state index contributed by atoms with van der Waals surface area (Å²) in [5.41, 5.74) is 4.87. The molecule has 1 aromatic heterocycles. The summed E-state index contributed by atoms with van der Waals surface area (Å²) in [5.74, 6) is -2.44. The van der Waals surface area contributed by atoms with Crippen LogP contribution >= 0.6 is 0 Å². The van der Waals surface area contributed by atoms with Gasteiger partial charge >= 0.3 is 11.9 Å². The third-order valence-corrected chi connectivity index (χ3v) is 7.30. The topological polar surface area (TPSA) is 88.9 Å². The lowest BCUT2D eigenvalue weighted by Crippen LogP contribution is -2.54. The van der Waals surface area contributed by atoms with Crippen molar-refractivity contribution in [1.82, 2.24) is 9.78 Å². The van der Waals surface area contributed by atoms with E-state index in [9.17, 15) is 9.59 Å². The summed E-state index contributed by atoms with van der Waals surface area (Å²) in [6.07, 6.45) is 4.54. The Morgan fingerprint density at radius 2 is 1.73 bits per heavy atom. The first-order chi connectivity index (χ1) is 15.8. The average Bonchev–Trinajstić information content (AvgIpc) is 3.40. The molecule has 1 saturated heterocycles. The van der Waals surface area contributed by atoms with Crippen LogP contribution in [-0.2, 0) is 35.0 Å². The Morgan fingerprint density at radius 1 is 1.09 bits per heavy atom. The van der Waals surface area contributed by atoms with Crippen molar-refractivity contribution in [1.29, 1.82) is 0 Å². The summed E-state index contributed by atoms with van der Waals surface area (Å²) in [5, 5.41) is 4.66. The standard InChI is InChI=1S/C25H28N2O6/c1-15-7-9-18(10-8-15)27-19-12-17-6-5-11-25(24(17,2)13-16(19)14-26-27)32-20(22(28)30-3)21(33-25)23(29)31-4/h7-10,12,14,20-21H,5-6,11,13H2,1-4H3/t20-,21-,24-/m0/s1. The average molecular weight is 453 g/mol. The molecule has 8 nitrogen and oxygen atoms in total. The molecule has 0 amide bonds. The van der Waals surface area contributed by atoms with Gasteiger partial charge in [-0.05, 0) is 50.0 Å². The molecule has 8 heteroatoms. The summed E-state index contributed by atoms with van der Waals surface area (Å²) in [7, 11) is 2.54. The third kappa shape index (κ3) is 3.23. The first-order valence-electron chi connectivity index (χ1n) is 11.2. The lowest BCUT2D eigenvalue weighted by molar-refractivity contribution is -0.249. The van der Waals surface area contributed by atoms with E-state index in [1.54, 1.807) is 0 Å². The third-order valence-electron chi connectivity index (χ3n) is 7.30. The highest BCUT2D eigenvalue weighted by Gasteiger charge is 2.65. The van der Waals surface area contributed by atoms with Crippen LogP contribution in [0.25, 0.3) is 11.8 Å². The number of rotatable bonds is 3. The molecule has 2 aromatic rings. The molecule has 3 atom stereocenters. The van der Waals surface area contributed by atoms with Crippen molar-refractivity contribution in [3.8, 4) is 5.69 Å². The Morgan fingerprint density at radius 3 is 2.33 bits per heavy atom. The molecule has 174 valence electrons. The van der Waals surface area contributed by atoms with E-state index in [2.05, 4.69) is 49.3 Å². The van der Waals surface area contributed by atoms with Gasteiger partial charge in [-0.3, -0.25) is 0 Å². The fraction of sp³-hybridized carbons (Fsp3) is 0.480. The van der Waals surface area contributed by atoms with Gasteiger partial charge in [-0.1, -0.05) is 30.2 Å². The molecule has 2 aliphatic carbocycles. The van der Waals surface area contributed by atoms with Gasteiger partial charge < -0.3 is 18.9 Å². The second kappa shape index (κ2) is 7.81. The molecule has 0 bridgehead atoms. The van der Waals surface area contributed by atoms with Crippen LogP contribution in [0.15, 0.2) is 36.0 Å². The fourth-order valence-corrected chi connectivity index (χ4v) is 5.42. The molecule has 1 aromatic carbocycles. The van der Waals surface area contributed by atoms with Gasteiger partial charge in [0.15, 0.2) is 18.0 Å². The van der Waals surface area contributed by atoms with E-state index in [4.69, 9.17) is 18.9 Å². The van der Waals surface area contributed by atoms with Crippen molar-refractivity contribution >= 4 is 18.0 Å². The van der Waals surface area contributed by atoms with E-state index in [1.807, 2.05) is 10.9 Å². The first kappa shape index (κ1) is 21.9. The maximum Gasteiger partial charge on any atom is 0.338 e. The number of nitrogens with zero attached hydrogens (tertiary/aromatic N) is 2. The predicted octanol–water partition coefficient (Wildman–Crippen LogP) is 3.14. The monoisotopic (exact) mass is 452 g/mol. The number of esters is 2. The summed E-state index contributed by atoms with van der Waals surface area (Å²) in [4.78, 5) is 24.9. The first-order valence-corrected chi connectivity index (χ1v) is 11.2. The minimum atomic E-state index is -1.17. The van der Waals surface area contributed by atoms with Gasteiger partial charge in [-0.2, -0.15) is 5.10 Å². The van der Waals surface area contributed by atoms with Gasteiger partial charge in [0.25, 0.3) is 0 Å². The van der Waals surface area contributed by atoms with Crippen LogP contribution in [0.3, 0.4) is 0 Å². The van der Waals surface area contributed by atoms with Crippen molar-refractivity contribution in [2.45, 2.75) is 57.5 Å². The van der Waals surface area contributed by atoms with Crippen LogP contribution in [-0.4, -0.2) is 53.9 Å². The van der Waals surface area contributed by atoms with Crippen molar-refractivity contribution in [2.24, 2.45) is 5.41 Å². The lowest BCUT2D eigenvalue weighted by Gasteiger charge is -2.51. The van der Waals surface area contributed by atoms with Crippen molar-refractivity contribution in [2.75, 3.05) is 14.2 Å². The zero-order chi connectivity index (χ0) is 23.4. The van der Waals surface area contributed by atoms with E-state index in [1.165, 1.54) is 19.8 Å². The number of carbonyl (C=O) groups is 2. The number of hydrogen-bond donors (Lipinski definition) is 0. The molecule has 1 spiro atoms. The maximum absolute atomic E-state index is 12.5. The SMILES string of the molecule is COC(=O)[C@H]1OC2(CCCC3=Cc4c(cnn4-c4ccc(C)cc4)C[C@@]32C)O[C@@H]1C(=O)OC. The Kier molecular flexibility index (Phi) is 5.17. The van der Waals surface area contributed by atoms with Gasteiger partial charge in [-0.25, -0.2) is 14.3 Å². The smallest absolute Gasteiger partial charge is 0.338 e. The largest absolute Gasteiger partial charge is 0.467 e. The Hall–Kier alpha value is -2.97. The second-order valence-corrected chi connectivity index (χ2v) is 9.21. The normalized spacial score (nSPS) is 27.5. The molecule has 0 unspecified atom stereocenters. The predicted molar refractivity (Wildman–Crippen MR) is 118 cm³/mol. The molecular weight excluding hydrogens is 424 g/mol. The van der Waals surface area contributed by atoms with Gasteiger partial charge in [0.05, 0.1) is 31.8 Å². The van der Waals surface area contributed by atoms with Crippen LogP contribution in [0.1, 0.15) is 43.0 Å². The Balaban J connectivity index is 1.55. The highest BCUT2D eigenvalue weighted by molar-refractivity contribution is 5.86. The number of fused-ring (bicyclic) bond motifs is 3. The molecule has 2 heterocycles.